The van der Waals surface area contributed by atoms with Crippen molar-refractivity contribution in [2.24, 2.45) is 0 Å². The lowest BCUT2D eigenvalue weighted by Crippen LogP contribution is -2.38. The number of amides is 2. The topological polar surface area (TPSA) is 104 Å². The van der Waals surface area contributed by atoms with Gasteiger partial charge in [-0.15, -0.1) is 4.73 Å². The van der Waals surface area contributed by atoms with E-state index in [1.165, 1.54) is 12.1 Å². The molecule has 0 aliphatic carbocycles. The lowest BCUT2D eigenvalue weighted by Gasteiger charge is -2.23. The van der Waals surface area contributed by atoms with Crippen molar-refractivity contribution in [1.29, 1.82) is 0 Å². The molecule has 3 rings (SSSR count). The summed E-state index contributed by atoms with van der Waals surface area (Å²) < 4.78 is 0.699. The summed E-state index contributed by atoms with van der Waals surface area (Å²) in [5.74, 6) is -0.227. The molecule has 3 heterocycles. The number of hydrogen-bond acceptors (Lipinski definition) is 6. The van der Waals surface area contributed by atoms with Gasteiger partial charge in [-0.3, -0.25) is 0 Å². The highest BCUT2D eigenvalue weighted by molar-refractivity contribution is 8.00. The molecule has 9 heteroatoms. The second-order valence-corrected chi connectivity index (χ2v) is 7.35. The minimum absolute atomic E-state index is 0.00906. The molecule has 2 aliphatic heterocycles. The van der Waals surface area contributed by atoms with Gasteiger partial charge in [0.2, 0.25) is 11.8 Å². The van der Waals surface area contributed by atoms with E-state index in [9.17, 15) is 19.8 Å². The van der Waals surface area contributed by atoms with Gasteiger partial charge in [-0.05, 0) is 12.8 Å². The van der Waals surface area contributed by atoms with Crippen LogP contribution in [0.15, 0.2) is 12.1 Å². The maximum atomic E-state index is 11.8. The third kappa shape index (κ3) is 3.26. The molecule has 1 aromatic heterocycles. The van der Waals surface area contributed by atoms with Crippen LogP contribution in [0.5, 0.6) is 11.8 Å². The van der Waals surface area contributed by atoms with E-state index < -0.39 is 5.97 Å². The van der Waals surface area contributed by atoms with Crippen LogP contribution in [0.3, 0.4) is 0 Å². The number of nitrogens with zero attached hydrogens (tertiary/aromatic N) is 2. The number of fused-ring (bicyclic) bond motifs is 1. The number of aromatic hydroxyl groups is 2. The average Bonchev–Trinajstić information content (AvgIpc) is 3.17. The molecule has 2 amide bonds. The molecule has 24 heavy (non-hydrogen) atoms. The van der Waals surface area contributed by atoms with Crippen LogP contribution in [0, 0.1) is 0 Å². The number of thioether (sulfide) groups is 1. The summed E-state index contributed by atoms with van der Waals surface area (Å²) in [4.78, 5) is 30.1. The van der Waals surface area contributed by atoms with Crippen molar-refractivity contribution < 1.29 is 24.6 Å². The van der Waals surface area contributed by atoms with Crippen molar-refractivity contribution in [1.82, 2.24) is 14.9 Å². The summed E-state index contributed by atoms with van der Waals surface area (Å²) >= 11 is 1.86. The van der Waals surface area contributed by atoms with Gasteiger partial charge in [-0.2, -0.15) is 11.8 Å². The summed E-state index contributed by atoms with van der Waals surface area (Å²) in [6.45, 7) is 0. The Morgan fingerprint density at radius 3 is 2.79 bits per heavy atom. The molecule has 0 radical (unpaired) electrons. The molecule has 3 N–H and O–H groups in total. The molecular formula is C15H21N3O5S. The van der Waals surface area contributed by atoms with Crippen LogP contribution in [0.1, 0.15) is 25.7 Å². The number of carbonyl (C=O) groups excluding carboxylic acids is 2. The Morgan fingerprint density at radius 1 is 1.38 bits per heavy atom. The first kappa shape index (κ1) is 16.8. The Labute approximate surface area is 143 Å². The maximum Gasteiger partial charge on any atom is 0.333 e. The Kier molecular flexibility index (Phi) is 4.79. The number of likely N-dealkylation sites (N-methyl/N-ethyl adjacent to an activating group) is 1. The Morgan fingerprint density at radius 2 is 2.08 bits per heavy atom. The molecule has 1 aromatic rings. The second kappa shape index (κ2) is 6.84. The molecule has 0 aromatic carbocycles. The second-order valence-electron chi connectivity index (χ2n) is 6.08. The van der Waals surface area contributed by atoms with Gasteiger partial charge in [-0.1, -0.05) is 6.42 Å². The zero-order valence-electron chi connectivity index (χ0n) is 13.3. The third-order valence-electron chi connectivity index (χ3n) is 4.47. The number of nitrogens with one attached hydrogen (secondary N) is 1. The molecule has 0 saturated carbocycles. The molecule has 3 atom stereocenters. The van der Waals surface area contributed by atoms with E-state index in [0.29, 0.717) is 16.4 Å². The number of urea groups is 1. The van der Waals surface area contributed by atoms with Crippen LogP contribution < -0.4 is 10.2 Å². The van der Waals surface area contributed by atoms with Gasteiger partial charge >= 0.3 is 12.0 Å². The largest absolute Gasteiger partial charge is 0.492 e. The molecule has 8 nitrogen and oxygen atoms in total. The summed E-state index contributed by atoms with van der Waals surface area (Å²) in [5.41, 5.74) is 0. The predicted molar refractivity (Wildman–Crippen MR) is 87.9 cm³/mol. The fourth-order valence-corrected chi connectivity index (χ4v) is 4.88. The lowest BCUT2D eigenvalue weighted by molar-refractivity contribution is -0.145. The summed E-state index contributed by atoms with van der Waals surface area (Å²) in [5, 5.41) is 22.2. The third-order valence-corrected chi connectivity index (χ3v) is 5.96. The van der Waals surface area contributed by atoms with Crippen LogP contribution in [0.25, 0.3) is 0 Å². The Balaban J connectivity index is 1.40. The first-order valence-corrected chi connectivity index (χ1v) is 8.98. The molecule has 3 unspecified atom stereocenters. The smallest absolute Gasteiger partial charge is 0.333 e. The highest BCUT2D eigenvalue weighted by Gasteiger charge is 2.46. The van der Waals surface area contributed by atoms with Crippen molar-refractivity contribution >= 4 is 23.8 Å². The van der Waals surface area contributed by atoms with Crippen LogP contribution in [-0.2, 0) is 4.79 Å². The predicted octanol–water partition coefficient (Wildman–Crippen LogP) is 0.922. The minimum Gasteiger partial charge on any atom is -0.492 e. The van der Waals surface area contributed by atoms with Crippen molar-refractivity contribution in [2.45, 2.75) is 43.0 Å². The highest BCUT2D eigenvalue weighted by Crippen LogP contribution is 2.36. The Hall–Kier alpha value is -2.03. The van der Waals surface area contributed by atoms with Gasteiger partial charge < -0.3 is 25.3 Å². The lowest BCUT2D eigenvalue weighted by atomic mass is 10.0. The molecular weight excluding hydrogens is 334 g/mol. The van der Waals surface area contributed by atoms with Crippen LogP contribution in [-0.4, -0.2) is 62.0 Å². The normalized spacial score (nSPS) is 25.6. The van der Waals surface area contributed by atoms with E-state index in [-0.39, 0.29) is 36.3 Å². The van der Waals surface area contributed by atoms with Gasteiger partial charge in [-0.25, -0.2) is 9.59 Å². The molecule has 2 aliphatic rings. The quantitative estimate of drug-likeness (QED) is 0.518. The summed E-state index contributed by atoms with van der Waals surface area (Å²) in [7, 11) is 1.83. The monoisotopic (exact) mass is 355 g/mol. The van der Waals surface area contributed by atoms with E-state index in [2.05, 4.69) is 5.32 Å². The van der Waals surface area contributed by atoms with Crippen molar-refractivity contribution in [3.05, 3.63) is 12.1 Å². The zero-order chi connectivity index (χ0) is 17.3. The number of unbranched alkanes of at least 4 members (excludes halogenated alkanes) is 1. The van der Waals surface area contributed by atoms with Crippen LogP contribution in [0.4, 0.5) is 4.79 Å². The van der Waals surface area contributed by atoms with E-state index >= 15 is 0 Å². The summed E-state index contributed by atoms with van der Waals surface area (Å²) in [6, 6.07) is 2.92. The summed E-state index contributed by atoms with van der Waals surface area (Å²) in [6.07, 6.45) is 2.64. The van der Waals surface area contributed by atoms with Crippen LogP contribution in [0.2, 0.25) is 0 Å². The van der Waals surface area contributed by atoms with E-state index in [1.54, 1.807) is 4.90 Å². The first-order valence-electron chi connectivity index (χ1n) is 7.93. The van der Waals surface area contributed by atoms with Crippen LogP contribution >= 0.6 is 11.8 Å². The molecule has 132 valence electrons. The molecule has 2 fully saturated rings. The fraction of sp³-hybridized carbons (Fsp3) is 0.600. The molecule has 2 saturated heterocycles. The average molecular weight is 355 g/mol. The standard InChI is InChI=1S/C15H21N3O5S/c1-17-14-9(16-15(17)22)8-24-10(14)4-2-3-5-13(21)23-18-11(19)6-7-12(18)20/h6-7,9-10,14,19-20H,2-5,8H2,1H3,(H,16,22). The van der Waals surface area contributed by atoms with Crippen molar-refractivity contribution in [3.8, 4) is 11.8 Å². The Bertz CT molecular complexity index is 615. The van der Waals surface area contributed by atoms with Gasteiger partial charge in [0.1, 0.15) is 0 Å². The zero-order valence-corrected chi connectivity index (χ0v) is 14.2. The fourth-order valence-electron chi connectivity index (χ4n) is 3.24. The molecule has 0 bridgehead atoms. The highest BCUT2D eigenvalue weighted by atomic mass is 32.2. The maximum absolute atomic E-state index is 11.8. The number of rotatable bonds is 6. The van der Waals surface area contributed by atoms with Gasteiger partial charge in [0, 0.05) is 36.6 Å². The van der Waals surface area contributed by atoms with Gasteiger partial charge in [0.05, 0.1) is 12.1 Å². The number of carbonyl (C=O) groups is 2. The SMILES string of the molecule is CN1C(=O)NC2CSC(CCCCC(=O)On3c(O)ccc3O)C21. The van der Waals surface area contributed by atoms with Crippen molar-refractivity contribution in [3.63, 3.8) is 0 Å². The number of hydrogen-bond donors (Lipinski definition) is 3. The van der Waals surface area contributed by atoms with E-state index in [4.69, 9.17) is 4.84 Å². The van der Waals surface area contributed by atoms with E-state index in [1.807, 2.05) is 18.8 Å². The van der Waals surface area contributed by atoms with Gasteiger partial charge in [0.25, 0.3) is 0 Å². The van der Waals surface area contributed by atoms with E-state index in [0.717, 1.165) is 18.6 Å². The molecule has 0 spiro atoms. The minimum atomic E-state index is -0.511. The van der Waals surface area contributed by atoms with Gasteiger partial charge in [0.15, 0.2) is 0 Å². The first-order chi connectivity index (χ1) is 11.5. The van der Waals surface area contributed by atoms with Crippen molar-refractivity contribution in [2.75, 3.05) is 12.8 Å². The number of aromatic nitrogens is 1.